The molecule has 1 rings (SSSR count). The first-order valence-corrected chi connectivity index (χ1v) is 4.14. The summed E-state index contributed by atoms with van der Waals surface area (Å²) < 4.78 is 12.9. The van der Waals surface area contributed by atoms with Crippen LogP contribution in [0.2, 0.25) is 0 Å². The van der Waals surface area contributed by atoms with Gasteiger partial charge in [0.1, 0.15) is 11.6 Å². The summed E-state index contributed by atoms with van der Waals surface area (Å²) in [5.41, 5.74) is 0.502. The number of hydrogen-bond acceptors (Lipinski definition) is 3. The third kappa shape index (κ3) is 2.94. The van der Waals surface area contributed by atoms with Crippen LogP contribution in [0, 0.1) is 5.82 Å². The number of carbonyl (C=O) groups excluding carboxylic acids is 1. The molecule has 0 heterocycles. The van der Waals surface area contributed by atoms with E-state index in [-0.39, 0.29) is 17.7 Å². The van der Waals surface area contributed by atoms with Crippen LogP contribution in [0.3, 0.4) is 0 Å². The van der Waals surface area contributed by atoms with Gasteiger partial charge in [-0.25, -0.2) is 4.39 Å². The van der Waals surface area contributed by atoms with E-state index in [9.17, 15) is 9.18 Å². The van der Waals surface area contributed by atoms with Crippen molar-refractivity contribution in [3.05, 3.63) is 29.6 Å². The molecule has 2 N–H and O–H groups in total. The summed E-state index contributed by atoms with van der Waals surface area (Å²) in [5, 5.41) is 17.6. The maximum absolute atomic E-state index is 12.9. The van der Waals surface area contributed by atoms with Crippen molar-refractivity contribution in [2.24, 2.45) is 0 Å². The SMILES string of the molecule is CC(=O)Cc1cc(F)cc(B(O)O)c1. The Kier molecular flexibility index (Phi) is 3.38. The van der Waals surface area contributed by atoms with E-state index in [2.05, 4.69) is 0 Å². The first kappa shape index (κ1) is 10.9. The van der Waals surface area contributed by atoms with E-state index in [4.69, 9.17) is 10.0 Å². The van der Waals surface area contributed by atoms with E-state index in [1.165, 1.54) is 19.1 Å². The molecule has 14 heavy (non-hydrogen) atoms. The van der Waals surface area contributed by atoms with Crippen molar-refractivity contribution < 1.29 is 19.2 Å². The van der Waals surface area contributed by atoms with Gasteiger partial charge in [0.2, 0.25) is 0 Å². The third-order valence-corrected chi connectivity index (χ3v) is 1.73. The Bertz CT molecular complexity index is 352. The summed E-state index contributed by atoms with van der Waals surface area (Å²) in [4.78, 5) is 10.8. The number of halogens is 1. The molecule has 1 aromatic carbocycles. The number of Topliss-reactive ketones (excluding diaryl/α,β-unsaturated/α-hetero) is 1. The fourth-order valence-corrected chi connectivity index (χ4v) is 1.21. The Morgan fingerprint density at radius 1 is 1.43 bits per heavy atom. The van der Waals surface area contributed by atoms with Crippen LogP contribution in [0.1, 0.15) is 12.5 Å². The molecule has 0 aliphatic carbocycles. The predicted octanol–water partition coefficient (Wildman–Crippen LogP) is -0.363. The minimum atomic E-state index is -1.71. The lowest BCUT2D eigenvalue weighted by Crippen LogP contribution is -2.30. The molecule has 5 heteroatoms. The summed E-state index contributed by atoms with van der Waals surface area (Å²) in [6.45, 7) is 1.39. The summed E-state index contributed by atoms with van der Waals surface area (Å²) in [7, 11) is -1.71. The van der Waals surface area contributed by atoms with Gasteiger partial charge in [-0.05, 0) is 30.1 Å². The van der Waals surface area contributed by atoms with E-state index in [0.29, 0.717) is 5.56 Å². The summed E-state index contributed by atoms with van der Waals surface area (Å²) in [5.74, 6) is -0.680. The molecule has 0 fully saturated rings. The molecule has 0 aromatic heterocycles. The van der Waals surface area contributed by atoms with Crippen molar-refractivity contribution in [3.63, 3.8) is 0 Å². The van der Waals surface area contributed by atoms with Crippen LogP contribution in [0.15, 0.2) is 18.2 Å². The minimum Gasteiger partial charge on any atom is -0.423 e. The Morgan fingerprint density at radius 2 is 2.07 bits per heavy atom. The average molecular weight is 196 g/mol. The highest BCUT2D eigenvalue weighted by atomic mass is 19.1. The van der Waals surface area contributed by atoms with Crippen LogP contribution in [-0.2, 0) is 11.2 Å². The molecular formula is C9H10BFO3. The second-order valence-electron chi connectivity index (χ2n) is 3.15. The molecule has 0 aliphatic heterocycles. The van der Waals surface area contributed by atoms with Crippen LogP contribution in [0.25, 0.3) is 0 Å². The van der Waals surface area contributed by atoms with Gasteiger partial charge in [0.05, 0.1) is 0 Å². The van der Waals surface area contributed by atoms with Gasteiger partial charge in [0.25, 0.3) is 0 Å². The lowest BCUT2D eigenvalue weighted by Gasteiger charge is -2.03. The standard InChI is InChI=1S/C9H10BFO3/c1-6(12)2-7-3-8(10(13)14)5-9(11)4-7/h3-5,13-14H,2H2,1H3. The van der Waals surface area contributed by atoms with E-state index in [1.807, 2.05) is 0 Å². The minimum absolute atomic E-state index is 0.0567. The number of ketones is 1. The molecule has 0 bridgehead atoms. The molecule has 0 spiro atoms. The van der Waals surface area contributed by atoms with Gasteiger partial charge < -0.3 is 10.0 Å². The molecule has 0 aliphatic rings. The van der Waals surface area contributed by atoms with Crippen molar-refractivity contribution in [2.45, 2.75) is 13.3 Å². The van der Waals surface area contributed by atoms with Gasteiger partial charge in [-0.15, -0.1) is 0 Å². The van der Waals surface area contributed by atoms with Crippen molar-refractivity contribution in [1.29, 1.82) is 0 Å². The normalized spacial score (nSPS) is 10.0. The Balaban J connectivity index is 3.01. The van der Waals surface area contributed by atoms with Crippen molar-refractivity contribution >= 4 is 18.4 Å². The van der Waals surface area contributed by atoms with Gasteiger partial charge in [0.15, 0.2) is 0 Å². The third-order valence-electron chi connectivity index (χ3n) is 1.73. The zero-order chi connectivity index (χ0) is 10.7. The molecular weight excluding hydrogens is 186 g/mol. The second kappa shape index (κ2) is 4.35. The smallest absolute Gasteiger partial charge is 0.423 e. The summed E-state index contributed by atoms with van der Waals surface area (Å²) >= 11 is 0. The van der Waals surface area contributed by atoms with Crippen molar-refractivity contribution in [2.75, 3.05) is 0 Å². The Morgan fingerprint density at radius 3 is 2.57 bits per heavy atom. The number of hydrogen-bond donors (Lipinski definition) is 2. The van der Waals surface area contributed by atoms with Crippen molar-refractivity contribution in [3.8, 4) is 0 Å². The van der Waals surface area contributed by atoms with Crippen LogP contribution in [0.4, 0.5) is 4.39 Å². The molecule has 74 valence electrons. The molecule has 1 aromatic rings. The maximum Gasteiger partial charge on any atom is 0.488 e. The lowest BCUT2D eigenvalue weighted by molar-refractivity contribution is -0.116. The highest BCUT2D eigenvalue weighted by Crippen LogP contribution is 2.03. The zero-order valence-corrected chi connectivity index (χ0v) is 7.70. The number of carbonyl (C=O) groups is 1. The molecule has 0 saturated carbocycles. The lowest BCUT2D eigenvalue weighted by atomic mass is 9.79. The maximum atomic E-state index is 12.9. The largest absolute Gasteiger partial charge is 0.488 e. The molecule has 0 radical (unpaired) electrons. The number of rotatable bonds is 3. The highest BCUT2D eigenvalue weighted by molar-refractivity contribution is 6.58. The molecule has 0 unspecified atom stereocenters. The highest BCUT2D eigenvalue weighted by Gasteiger charge is 2.13. The van der Waals surface area contributed by atoms with Crippen LogP contribution in [-0.4, -0.2) is 22.9 Å². The molecule has 0 saturated heterocycles. The van der Waals surface area contributed by atoms with Crippen LogP contribution < -0.4 is 5.46 Å². The zero-order valence-electron chi connectivity index (χ0n) is 7.70. The van der Waals surface area contributed by atoms with Gasteiger partial charge in [-0.1, -0.05) is 6.07 Å². The monoisotopic (exact) mass is 196 g/mol. The summed E-state index contributed by atoms with van der Waals surface area (Å²) in [6.07, 6.45) is 0.0947. The Hall–Kier alpha value is -1.20. The average Bonchev–Trinajstić information content (AvgIpc) is 2.01. The quantitative estimate of drug-likeness (QED) is 0.648. The Labute approximate surface area is 81.3 Å². The fraction of sp³-hybridized carbons (Fsp3) is 0.222. The van der Waals surface area contributed by atoms with Gasteiger partial charge in [0, 0.05) is 6.42 Å². The topological polar surface area (TPSA) is 57.5 Å². The molecule has 0 amide bonds. The first-order chi connectivity index (χ1) is 6.49. The fourth-order valence-electron chi connectivity index (χ4n) is 1.21. The predicted molar refractivity (Wildman–Crippen MR) is 50.6 cm³/mol. The van der Waals surface area contributed by atoms with Gasteiger partial charge in [-0.2, -0.15) is 0 Å². The van der Waals surface area contributed by atoms with Crippen LogP contribution >= 0.6 is 0 Å². The molecule has 0 atom stereocenters. The van der Waals surface area contributed by atoms with E-state index in [1.54, 1.807) is 0 Å². The van der Waals surface area contributed by atoms with Gasteiger partial charge >= 0.3 is 7.12 Å². The van der Waals surface area contributed by atoms with Crippen LogP contribution in [0.5, 0.6) is 0 Å². The van der Waals surface area contributed by atoms with E-state index in [0.717, 1.165) is 6.07 Å². The van der Waals surface area contributed by atoms with Gasteiger partial charge in [-0.3, -0.25) is 4.79 Å². The number of benzene rings is 1. The van der Waals surface area contributed by atoms with E-state index < -0.39 is 12.9 Å². The van der Waals surface area contributed by atoms with E-state index >= 15 is 0 Å². The second-order valence-corrected chi connectivity index (χ2v) is 3.15. The van der Waals surface area contributed by atoms with Crippen molar-refractivity contribution in [1.82, 2.24) is 0 Å². The summed E-state index contributed by atoms with van der Waals surface area (Å²) in [6, 6.07) is 3.62. The first-order valence-electron chi connectivity index (χ1n) is 4.14. The molecule has 3 nitrogen and oxygen atoms in total.